The van der Waals surface area contributed by atoms with Gasteiger partial charge in [-0.25, -0.2) is 4.98 Å². The topological polar surface area (TPSA) is 99.2 Å². The first-order valence-electron chi connectivity index (χ1n) is 7.14. The molecule has 0 fully saturated rings. The second-order valence-corrected chi connectivity index (χ2v) is 5.64. The molecule has 3 rings (SSSR count). The normalized spacial score (nSPS) is 11.9. The van der Waals surface area contributed by atoms with Crippen LogP contribution in [-0.2, 0) is 17.8 Å². The van der Waals surface area contributed by atoms with Gasteiger partial charge >= 0.3 is 0 Å². The molecule has 0 aliphatic heterocycles. The highest BCUT2D eigenvalue weighted by Gasteiger charge is 2.05. The van der Waals surface area contributed by atoms with Gasteiger partial charge in [0.15, 0.2) is 5.65 Å². The van der Waals surface area contributed by atoms with Crippen LogP contribution in [0.5, 0.6) is 5.88 Å². The van der Waals surface area contributed by atoms with Gasteiger partial charge in [0.2, 0.25) is 5.88 Å². The molecule has 0 amide bonds. The molecule has 0 saturated heterocycles. The average Bonchev–Trinajstić information content (AvgIpc) is 2.60. The van der Waals surface area contributed by atoms with Crippen molar-refractivity contribution in [1.29, 1.82) is 0 Å². The molecule has 0 radical (unpaired) electrons. The summed E-state index contributed by atoms with van der Waals surface area (Å²) in [5, 5.41) is 4.24. The van der Waals surface area contributed by atoms with Crippen LogP contribution in [0.2, 0.25) is 0 Å². The number of anilines is 2. The number of hydrogen-bond donors (Lipinski definition) is 2. The maximum Gasteiger partial charge on any atom is 0.215 e. The molecule has 1 aromatic carbocycles. The van der Waals surface area contributed by atoms with Crippen molar-refractivity contribution in [3.63, 3.8) is 0 Å². The van der Waals surface area contributed by atoms with Crippen molar-refractivity contribution >= 4 is 33.7 Å². The van der Waals surface area contributed by atoms with E-state index in [2.05, 4.69) is 20.0 Å². The molecule has 2 N–H and O–H groups in total. The Morgan fingerprint density at radius 3 is 2.67 bits per heavy atom. The molecule has 0 aliphatic rings. The number of rotatable bonds is 6. The summed E-state index contributed by atoms with van der Waals surface area (Å²) in [6.45, 7) is 0.589. The SMILES string of the molecule is COc1ccc2c(NCc3ccc(NS(=O)[O-])cc3)ccnc2n1. The number of aromatic nitrogens is 2. The highest BCUT2D eigenvalue weighted by Crippen LogP contribution is 2.23. The largest absolute Gasteiger partial charge is 0.755 e. The fourth-order valence-corrected chi connectivity index (χ4v) is 2.59. The minimum atomic E-state index is -2.31. The number of benzene rings is 1. The summed E-state index contributed by atoms with van der Waals surface area (Å²) in [5.41, 5.74) is 3.07. The van der Waals surface area contributed by atoms with Gasteiger partial charge in [0, 0.05) is 46.8 Å². The summed E-state index contributed by atoms with van der Waals surface area (Å²) in [6, 6.07) is 12.7. The van der Waals surface area contributed by atoms with Crippen LogP contribution >= 0.6 is 0 Å². The Kier molecular flexibility index (Phi) is 4.88. The summed E-state index contributed by atoms with van der Waals surface area (Å²) in [4.78, 5) is 8.56. The highest BCUT2D eigenvalue weighted by atomic mass is 32.2. The summed E-state index contributed by atoms with van der Waals surface area (Å²) in [5.74, 6) is 0.519. The van der Waals surface area contributed by atoms with Crippen LogP contribution in [0, 0.1) is 0 Å². The van der Waals surface area contributed by atoms with Crippen LogP contribution in [0.1, 0.15) is 5.56 Å². The highest BCUT2D eigenvalue weighted by molar-refractivity contribution is 7.80. The third-order valence-corrected chi connectivity index (χ3v) is 3.83. The second-order valence-electron chi connectivity index (χ2n) is 4.97. The van der Waals surface area contributed by atoms with E-state index in [1.165, 1.54) is 0 Å². The van der Waals surface area contributed by atoms with E-state index in [4.69, 9.17) is 4.74 Å². The Balaban J connectivity index is 1.74. The molecule has 2 heterocycles. The Morgan fingerprint density at radius 2 is 1.96 bits per heavy atom. The number of nitrogens with zero attached hydrogens (tertiary/aromatic N) is 2. The van der Waals surface area contributed by atoms with Crippen LogP contribution in [0.3, 0.4) is 0 Å². The Bertz CT molecular complexity index is 871. The van der Waals surface area contributed by atoms with Crippen molar-refractivity contribution in [2.45, 2.75) is 6.54 Å². The predicted molar refractivity (Wildman–Crippen MR) is 92.4 cm³/mol. The lowest BCUT2D eigenvalue weighted by Crippen LogP contribution is -2.03. The van der Waals surface area contributed by atoms with Crippen LogP contribution in [-0.4, -0.2) is 25.8 Å². The molecule has 0 bridgehead atoms. The van der Waals surface area contributed by atoms with Gasteiger partial charge in [0.1, 0.15) is 0 Å². The molecule has 0 saturated carbocycles. The van der Waals surface area contributed by atoms with Gasteiger partial charge in [-0.05, 0) is 29.8 Å². The minimum absolute atomic E-state index is 0.519. The van der Waals surface area contributed by atoms with Crippen molar-refractivity contribution in [1.82, 2.24) is 9.97 Å². The van der Waals surface area contributed by atoms with E-state index in [0.717, 1.165) is 16.6 Å². The monoisotopic (exact) mass is 343 g/mol. The van der Waals surface area contributed by atoms with Crippen molar-refractivity contribution < 1.29 is 13.5 Å². The van der Waals surface area contributed by atoms with Gasteiger partial charge in [0.25, 0.3) is 0 Å². The van der Waals surface area contributed by atoms with Gasteiger partial charge in [-0.1, -0.05) is 12.1 Å². The third-order valence-electron chi connectivity index (χ3n) is 3.42. The number of pyridine rings is 2. The molecule has 0 spiro atoms. The van der Waals surface area contributed by atoms with Crippen molar-refractivity contribution in [3.8, 4) is 5.88 Å². The summed E-state index contributed by atoms with van der Waals surface area (Å²) < 4.78 is 28.6. The molecule has 3 aromatic rings. The first-order valence-corrected chi connectivity index (χ1v) is 8.21. The molecule has 2 aromatic heterocycles. The van der Waals surface area contributed by atoms with Gasteiger partial charge in [-0.15, -0.1) is 0 Å². The van der Waals surface area contributed by atoms with Crippen molar-refractivity contribution in [2.75, 3.05) is 17.1 Å². The molecule has 7 nitrogen and oxygen atoms in total. The van der Waals surface area contributed by atoms with E-state index in [1.54, 1.807) is 31.5 Å². The molecule has 124 valence electrons. The molecule has 0 aliphatic carbocycles. The molecule has 1 unspecified atom stereocenters. The Morgan fingerprint density at radius 1 is 1.17 bits per heavy atom. The second kappa shape index (κ2) is 7.24. The number of fused-ring (bicyclic) bond motifs is 1. The van der Waals surface area contributed by atoms with Crippen LogP contribution in [0.15, 0.2) is 48.7 Å². The first-order chi connectivity index (χ1) is 11.7. The maximum absolute atomic E-state index is 10.6. The lowest BCUT2D eigenvalue weighted by Gasteiger charge is -2.11. The molecular weight excluding hydrogens is 328 g/mol. The summed E-state index contributed by atoms with van der Waals surface area (Å²) >= 11 is -2.31. The lowest BCUT2D eigenvalue weighted by atomic mass is 10.2. The quantitative estimate of drug-likeness (QED) is 0.667. The Labute approximate surface area is 141 Å². The van der Waals surface area contributed by atoms with E-state index in [9.17, 15) is 8.76 Å². The van der Waals surface area contributed by atoms with Gasteiger partial charge < -0.3 is 19.3 Å². The van der Waals surface area contributed by atoms with E-state index in [1.807, 2.05) is 24.3 Å². The zero-order valence-corrected chi connectivity index (χ0v) is 13.7. The lowest BCUT2D eigenvalue weighted by molar-refractivity contribution is 0.399. The first kappa shape index (κ1) is 16.2. The molecular formula is C16H15N4O3S-. The van der Waals surface area contributed by atoms with E-state index in [-0.39, 0.29) is 0 Å². The molecule has 8 heteroatoms. The average molecular weight is 343 g/mol. The van der Waals surface area contributed by atoms with Gasteiger partial charge in [0.05, 0.1) is 7.11 Å². The number of nitrogens with one attached hydrogen (secondary N) is 2. The minimum Gasteiger partial charge on any atom is -0.755 e. The predicted octanol–water partition coefficient (Wildman–Crippen LogP) is 2.46. The summed E-state index contributed by atoms with van der Waals surface area (Å²) in [6.07, 6.45) is 1.69. The van der Waals surface area contributed by atoms with Gasteiger partial charge in [-0.2, -0.15) is 4.98 Å². The van der Waals surface area contributed by atoms with Gasteiger partial charge in [-0.3, -0.25) is 4.21 Å². The van der Waals surface area contributed by atoms with E-state index in [0.29, 0.717) is 23.8 Å². The number of hydrogen-bond acceptors (Lipinski definition) is 6. The Hall–Kier alpha value is -2.71. The number of ether oxygens (including phenoxy) is 1. The van der Waals surface area contributed by atoms with Crippen molar-refractivity contribution in [2.24, 2.45) is 0 Å². The van der Waals surface area contributed by atoms with E-state index >= 15 is 0 Å². The third kappa shape index (κ3) is 3.79. The smallest absolute Gasteiger partial charge is 0.215 e. The van der Waals surface area contributed by atoms with E-state index < -0.39 is 11.3 Å². The maximum atomic E-state index is 10.6. The summed E-state index contributed by atoms with van der Waals surface area (Å²) in [7, 11) is 1.57. The van der Waals surface area contributed by atoms with Crippen LogP contribution < -0.4 is 14.8 Å². The van der Waals surface area contributed by atoms with Crippen molar-refractivity contribution in [3.05, 3.63) is 54.2 Å². The fourth-order valence-electron chi connectivity index (χ4n) is 2.26. The van der Waals surface area contributed by atoms with Crippen LogP contribution in [0.4, 0.5) is 11.4 Å². The number of methoxy groups -OCH3 is 1. The molecule has 1 atom stereocenters. The standard InChI is InChI=1S/C16H16N4O3S/c1-23-15-7-6-13-14(8-9-17-16(13)19-15)18-10-11-2-4-12(5-3-11)20-24(21)22/h2-9,20H,10H2,1H3,(H,21,22)(H,17,18,19)/p-1. The zero-order valence-electron chi connectivity index (χ0n) is 12.9. The van der Waals surface area contributed by atoms with Crippen LogP contribution in [0.25, 0.3) is 11.0 Å². The molecule has 24 heavy (non-hydrogen) atoms. The fraction of sp³-hybridized carbons (Fsp3) is 0.125. The zero-order chi connectivity index (χ0) is 16.9.